The van der Waals surface area contributed by atoms with Gasteiger partial charge in [-0.25, -0.2) is 4.79 Å². The van der Waals surface area contributed by atoms with E-state index in [1.54, 1.807) is 0 Å². The van der Waals surface area contributed by atoms with Gasteiger partial charge in [0.15, 0.2) is 10.6 Å². The molecule has 0 amide bonds. The molecule has 0 atom stereocenters. The summed E-state index contributed by atoms with van der Waals surface area (Å²) in [6, 6.07) is 1.87. The van der Waals surface area contributed by atoms with Crippen molar-refractivity contribution in [3.05, 3.63) is 16.3 Å². The van der Waals surface area contributed by atoms with Gasteiger partial charge in [0.25, 0.3) is 0 Å². The van der Waals surface area contributed by atoms with E-state index in [0.29, 0.717) is 0 Å². The number of carbonyl (C=O) groups is 1. The first kappa shape index (κ1) is 8.52. The lowest BCUT2D eigenvalue weighted by molar-refractivity contribution is 0.0603. The minimum atomic E-state index is -0.481. The molecule has 3 nitrogen and oxygen atoms in total. The highest BCUT2D eigenvalue weighted by Crippen LogP contribution is 2.40. The van der Waals surface area contributed by atoms with Gasteiger partial charge in [0, 0.05) is 4.70 Å². The fourth-order valence-electron chi connectivity index (χ4n) is 1.04. The van der Waals surface area contributed by atoms with Crippen LogP contribution in [-0.4, -0.2) is 18.2 Å². The van der Waals surface area contributed by atoms with Gasteiger partial charge in [0.2, 0.25) is 0 Å². The fourth-order valence-corrected chi connectivity index (χ4v) is 3.11. The number of thiophene rings is 2. The number of esters is 1. The number of ether oxygens (including phenoxy) is 1. The van der Waals surface area contributed by atoms with E-state index < -0.39 is 5.97 Å². The predicted octanol–water partition coefficient (Wildman–Crippen LogP) is 2.46. The maximum atomic E-state index is 11.1. The number of hydrogen-bond acceptors (Lipinski definition) is 5. The fraction of sp³-hybridized carbons (Fsp3) is 0.125. The van der Waals surface area contributed by atoms with Gasteiger partial charge in [-0.15, -0.1) is 22.7 Å². The molecule has 0 aliphatic rings. The topological polar surface area (TPSA) is 46.5 Å². The Kier molecular flexibility index (Phi) is 1.97. The zero-order valence-corrected chi connectivity index (χ0v) is 8.37. The molecule has 2 rings (SSSR count). The largest absolute Gasteiger partial charge is 0.505 e. The number of methoxy groups -OCH3 is 1. The minimum Gasteiger partial charge on any atom is -0.505 e. The van der Waals surface area contributed by atoms with Crippen LogP contribution in [-0.2, 0) is 4.74 Å². The molecule has 0 bridgehead atoms. The van der Waals surface area contributed by atoms with E-state index in [2.05, 4.69) is 4.74 Å². The highest BCUT2D eigenvalue weighted by molar-refractivity contribution is 7.28. The van der Waals surface area contributed by atoms with Crippen LogP contribution in [0.3, 0.4) is 0 Å². The third-order valence-electron chi connectivity index (χ3n) is 1.64. The molecule has 0 saturated carbocycles. The Morgan fingerprint density at radius 3 is 3.00 bits per heavy atom. The average molecular weight is 214 g/mol. The number of aromatic hydroxyl groups is 1. The molecule has 0 radical (unpaired) electrons. The second kappa shape index (κ2) is 3.01. The van der Waals surface area contributed by atoms with Crippen molar-refractivity contribution in [3.8, 4) is 5.75 Å². The van der Waals surface area contributed by atoms with E-state index in [4.69, 9.17) is 0 Å². The molecule has 5 heteroatoms. The SMILES string of the molecule is COC(=O)c1sc2ccsc2c1O. The van der Waals surface area contributed by atoms with Crippen LogP contribution in [0.2, 0.25) is 0 Å². The molecule has 0 unspecified atom stereocenters. The lowest BCUT2D eigenvalue weighted by Crippen LogP contribution is -1.97. The normalized spacial score (nSPS) is 10.5. The summed E-state index contributed by atoms with van der Waals surface area (Å²) in [5.74, 6) is -0.437. The van der Waals surface area contributed by atoms with E-state index in [1.807, 2.05) is 11.4 Å². The summed E-state index contributed by atoms with van der Waals surface area (Å²) >= 11 is 2.66. The zero-order valence-electron chi connectivity index (χ0n) is 6.73. The van der Waals surface area contributed by atoms with Crippen LogP contribution < -0.4 is 0 Å². The van der Waals surface area contributed by atoms with E-state index in [1.165, 1.54) is 29.8 Å². The Morgan fingerprint density at radius 2 is 2.38 bits per heavy atom. The maximum Gasteiger partial charge on any atom is 0.351 e. The highest BCUT2D eigenvalue weighted by atomic mass is 32.1. The van der Waals surface area contributed by atoms with Crippen molar-refractivity contribution in [3.63, 3.8) is 0 Å². The van der Waals surface area contributed by atoms with Crippen LogP contribution >= 0.6 is 22.7 Å². The summed E-state index contributed by atoms with van der Waals surface area (Å²) in [6.07, 6.45) is 0. The van der Waals surface area contributed by atoms with E-state index in [9.17, 15) is 9.90 Å². The summed E-state index contributed by atoms with van der Waals surface area (Å²) in [6.45, 7) is 0. The highest BCUT2D eigenvalue weighted by Gasteiger charge is 2.18. The van der Waals surface area contributed by atoms with E-state index >= 15 is 0 Å². The quantitative estimate of drug-likeness (QED) is 0.742. The van der Waals surface area contributed by atoms with Gasteiger partial charge in [-0.2, -0.15) is 0 Å². The second-order valence-corrected chi connectivity index (χ2v) is 4.35. The molecule has 13 heavy (non-hydrogen) atoms. The summed E-state index contributed by atoms with van der Waals surface area (Å²) in [7, 11) is 1.30. The lowest BCUT2D eigenvalue weighted by atomic mass is 10.4. The van der Waals surface area contributed by atoms with Gasteiger partial charge >= 0.3 is 5.97 Å². The number of hydrogen-bond donors (Lipinski definition) is 1. The summed E-state index contributed by atoms with van der Waals surface area (Å²) in [5, 5.41) is 11.5. The molecular weight excluding hydrogens is 208 g/mol. The van der Waals surface area contributed by atoms with Crippen LogP contribution in [0.25, 0.3) is 9.40 Å². The van der Waals surface area contributed by atoms with Crippen LogP contribution in [0.4, 0.5) is 0 Å². The van der Waals surface area contributed by atoms with Gasteiger partial charge in [0.1, 0.15) is 0 Å². The second-order valence-electron chi connectivity index (χ2n) is 2.39. The Bertz CT molecular complexity index is 455. The number of fused-ring (bicyclic) bond motifs is 1. The summed E-state index contributed by atoms with van der Waals surface area (Å²) < 4.78 is 6.21. The average Bonchev–Trinajstić information content (AvgIpc) is 2.68. The monoisotopic (exact) mass is 214 g/mol. The van der Waals surface area contributed by atoms with Crippen molar-refractivity contribution < 1.29 is 14.6 Å². The van der Waals surface area contributed by atoms with Gasteiger partial charge in [-0.05, 0) is 11.4 Å². The van der Waals surface area contributed by atoms with Crippen LogP contribution in [0.15, 0.2) is 11.4 Å². The van der Waals surface area contributed by atoms with Crippen LogP contribution in [0.5, 0.6) is 5.75 Å². The Morgan fingerprint density at radius 1 is 1.62 bits per heavy atom. The first-order valence-electron chi connectivity index (χ1n) is 3.51. The molecule has 0 aliphatic heterocycles. The first-order chi connectivity index (χ1) is 6.24. The van der Waals surface area contributed by atoms with E-state index in [0.717, 1.165) is 9.40 Å². The Labute approximate surface area is 82.2 Å². The van der Waals surface area contributed by atoms with Crippen molar-refractivity contribution in [1.82, 2.24) is 0 Å². The molecule has 2 heterocycles. The lowest BCUT2D eigenvalue weighted by Gasteiger charge is -1.94. The van der Waals surface area contributed by atoms with Crippen LogP contribution in [0.1, 0.15) is 9.67 Å². The third-order valence-corrected chi connectivity index (χ3v) is 3.82. The number of carbonyl (C=O) groups excluding carboxylic acids is 1. The predicted molar refractivity (Wildman–Crippen MR) is 52.7 cm³/mol. The number of rotatable bonds is 1. The van der Waals surface area contributed by atoms with Crippen LogP contribution in [0, 0.1) is 0 Å². The van der Waals surface area contributed by atoms with Gasteiger partial charge in [-0.1, -0.05) is 0 Å². The molecule has 1 N–H and O–H groups in total. The first-order valence-corrected chi connectivity index (χ1v) is 5.21. The van der Waals surface area contributed by atoms with Gasteiger partial charge in [-0.3, -0.25) is 0 Å². The molecule has 2 aromatic heterocycles. The molecule has 0 spiro atoms. The molecule has 0 aliphatic carbocycles. The third kappa shape index (κ3) is 1.20. The minimum absolute atomic E-state index is 0.0434. The molecule has 2 aromatic rings. The van der Waals surface area contributed by atoms with Crippen molar-refractivity contribution >= 4 is 38.0 Å². The van der Waals surface area contributed by atoms with Gasteiger partial charge in [0.05, 0.1) is 11.8 Å². The zero-order chi connectivity index (χ0) is 9.42. The van der Waals surface area contributed by atoms with Gasteiger partial charge < -0.3 is 9.84 Å². The molecule has 0 aromatic carbocycles. The Balaban J connectivity index is 2.64. The van der Waals surface area contributed by atoms with Crippen molar-refractivity contribution in [2.24, 2.45) is 0 Å². The summed E-state index contributed by atoms with van der Waals surface area (Å²) in [4.78, 5) is 11.4. The maximum absolute atomic E-state index is 11.1. The molecule has 68 valence electrons. The molecule has 0 saturated heterocycles. The molecule has 0 fully saturated rings. The summed E-state index contributed by atoms with van der Waals surface area (Å²) in [5.41, 5.74) is 0. The smallest absolute Gasteiger partial charge is 0.351 e. The van der Waals surface area contributed by atoms with Crippen molar-refractivity contribution in [2.45, 2.75) is 0 Å². The van der Waals surface area contributed by atoms with Crippen molar-refractivity contribution in [1.29, 1.82) is 0 Å². The molecular formula is C8H6O3S2. The Hall–Kier alpha value is -1.07. The van der Waals surface area contributed by atoms with Crippen molar-refractivity contribution in [2.75, 3.05) is 7.11 Å². The van der Waals surface area contributed by atoms with E-state index in [-0.39, 0.29) is 10.6 Å². The standard InChI is InChI=1S/C8H6O3S2/c1-11-8(10)7-5(9)6-4(13-7)2-3-12-6/h2-3,9H,1H3.